The molecule has 5 nitrogen and oxygen atoms in total. The second kappa shape index (κ2) is 6.06. The standard InChI is InChI=1S/C16H20FN3O2/c1-20-8-10(15(21)9-20)4-16(22)19-7-11-6-18-14-3-2-12(17)5-13(11)14/h2-3,5-6,10,15,18,21H,4,7-9H2,1H3,(H,19,22)/t10-,15-/m1/s1. The smallest absolute Gasteiger partial charge is 0.220 e. The van der Waals surface area contributed by atoms with E-state index in [0.29, 0.717) is 19.5 Å². The number of nitrogens with zero attached hydrogens (tertiary/aromatic N) is 1. The van der Waals surface area contributed by atoms with Crippen molar-refractivity contribution < 1.29 is 14.3 Å². The van der Waals surface area contributed by atoms with Crippen molar-refractivity contribution in [1.82, 2.24) is 15.2 Å². The van der Waals surface area contributed by atoms with Gasteiger partial charge in [0.15, 0.2) is 0 Å². The molecular weight excluding hydrogens is 285 g/mol. The van der Waals surface area contributed by atoms with Gasteiger partial charge >= 0.3 is 0 Å². The molecule has 1 aromatic heterocycles. The minimum Gasteiger partial charge on any atom is -0.391 e. The van der Waals surface area contributed by atoms with Crippen molar-refractivity contribution in [1.29, 1.82) is 0 Å². The Morgan fingerprint density at radius 1 is 1.50 bits per heavy atom. The number of nitrogens with one attached hydrogen (secondary N) is 2. The minimum absolute atomic E-state index is 0.0228. The largest absolute Gasteiger partial charge is 0.391 e. The number of fused-ring (bicyclic) bond motifs is 1. The first kappa shape index (κ1) is 15.0. The average Bonchev–Trinajstić information content (AvgIpc) is 3.00. The Morgan fingerprint density at radius 2 is 2.32 bits per heavy atom. The van der Waals surface area contributed by atoms with Gasteiger partial charge in [0, 0.05) is 49.1 Å². The van der Waals surface area contributed by atoms with Gasteiger partial charge in [-0.2, -0.15) is 0 Å². The summed E-state index contributed by atoms with van der Waals surface area (Å²) in [5.41, 5.74) is 1.70. The molecule has 1 fully saturated rings. The number of halogens is 1. The normalized spacial score (nSPS) is 22.3. The van der Waals surface area contributed by atoms with E-state index in [1.54, 1.807) is 12.3 Å². The van der Waals surface area contributed by atoms with E-state index < -0.39 is 6.10 Å². The molecule has 118 valence electrons. The Labute approximate surface area is 128 Å². The van der Waals surface area contributed by atoms with Gasteiger partial charge in [0.25, 0.3) is 0 Å². The summed E-state index contributed by atoms with van der Waals surface area (Å²) in [6.07, 6.45) is 1.64. The van der Waals surface area contributed by atoms with Crippen molar-refractivity contribution in [2.45, 2.75) is 19.1 Å². The maximum atomic E-state index is 13.3. The predicted octanol–water partition coefficient (Wildman–Crippen LogP) is 1.24. The van der Waals surface area contributed by atoms with E-state index >= 15 is 0 Å². The molecule has 2 heterocycles. The fourth-order valence-electron chi connectivity index (χ4n) is 3.07. The van der Waals surface area contributed by atoms with E-state index in [1.807, 2.05) is 11.9 Å². The summed E-state index contributed by atoms with van der Waals surface area (Å²) in [6, 6.07) is 4.54. The third-order valence-corrected chi connectivity index (χ3v) is 4.24. The van der Waals surface area contributed by atoms with E-state index in [4.69, 9.17) is 0 Å². The highest BCUT2D eigenvalue weighted by Crippen LogP contribution is 2.20. The number of aromatic nitrogens is 1. The lowest BCUT2D eigenvalue weighted by Crippen LogP contribution is -2.29. The summed E-state index contributed by atoms with van der Waals surface area (Å²) >= 11 is 0. The van der Waals surface area contributed by atoms with E-state index in [1.165, 1.54) is 12.1 Å². The zero-order valence-electron chi connectivity index (χ0n) is 12.5. The molecule has 3 rings (SSSR count). The molecule has 0 unspecified atom stereocenters. The van der Waals surface area contributed by atoms with Gasteiger partial charge in [0.2, 0.25) is 5.91 Å². The molecule has 1 aliphatic heterocycles. The number of hydrogen-bond donors (Lipinski definition) is 3. The van der Waals surface area contributed by atoms with E-state index in [9.17, 15) is 14.3 Å². The maximum absolute atomic E-state index is 13.3. The number of β-amino-alcohol motifs (C(OH)–C–C–N with tert-alkyl or cyclic N) is 1. The Hall–Kier alpha value is -1.92. The van der Waals surface area contributed by atoms with Crippen LogP contribution in [-0.4, -0.2) is 47.1 Å². The van der Waals surface area contributed by atoms with Crippen LogP contribution in [0.15, 0.2) is 24.4 Å². The lowest BCUT2D eigenvalue weighted by molar-refractivity contribution is -0.122. The van der Waals surface area contributed by atoms with Crippen LogP contribution in [-0.2, 0) is 11.3 Å². The molecule has 0 aliphatic carbocycles. The molecule has 1 saturated heterocycles. The van der Waals surface area contributed by atoms with Gasteiger partial charge in [0.05, 0.1) is 6.10 Å². The number of carbonyl (C=O) groups is 1. The number of likely N-dealkylation sites (N-methyl/N-ethyl adjacent to an activating group) is 1. The van der Waals surface area contributed by atoms with E-state index in [2.05, 4.69) is 10.3 Å². The molecule has 3 N–H and O–H groups in total. The Bertz CT molecular complexity index is 685. The zero-order valence-corrected chi connectivity index (χ0v) is 12.5. The summed E-state index contributed by atoms with van der Waals surface area (Å²) < 4.78 is 13.3. The molecule has 0 spiro atoms. The van der Waals surface area contributed by atoms with E-state index in [-0.39, 0.29) is 17.6 Å². The second-order valence-corrected chi connectivity index (χ2v) is 6.03. The van der Waals surface area contributed by atoms with Crippen LogP contribution in [0.5, 0.6) is 0 Å². The van der Waals surface area contributed by atoms with Gasteiger partial charge < -0.3 is 20.3 Å². The fourth-order valence-corrected chi connectivity index (χ4v) is 3.07. The predicted molar refractivity (Wildman–Crippen MR) is 81.7 cm³/mol. The van der Waals surface area contributed by atoms with Crippen LogP contribution < -0.4 is 5.32 Å². The van der Waals surface area contributed by atoms with Crippen LogP contribution in [0.1, 0.15) is 12.0 Å². The topological polar surface area (TPSA) is 68.4 Å². The molecule has 0 radical (unpaired) electrons. The summed E-state index contributed by atoms with van der Waals surface area (Å²) in [5, 5.41) is 13.5. The van der Waals surface area contributed by atoms with Crippen molar-refractivity contribution in [3.8, 4) is 0 Å². The number of aliphatic hydroxyl groups is 1. The van der Waals surface area contributed by atoms with Crippen molar-refractivity contribution in [2.24, 2.45) is 5.92 Å². The summed E-state index contributed by atoms with van der Waals surface area (Å²) in [4.78, 5) is 17.1. The second-order valence-electron chi connectivity index (χ2n) is 6.03. The lowest BCUT2D eigenvalue weighted by Gasteiger charge is -2.13. The van der Waals surface area contributed by atoms with Crippen LogP contribution in [0.25, 0.3) is 10.9 Å². The summed E-state index contributed by atoms with van der Waals surface area (Å²) in [7, 11) is 1.93. The molecule has 2 atom stereocenters. The molecule has 1 amide bonds. The van der Waals surface area contributed by atoms with Crippen LogP contribution in [0, 0.1) is 11.7 Å². The van der Waals surface area contributed by atoms with Crippen molar-refractivity contribution in [2.75, 3.05) is 20.1 Å². The van der Waals surface area contributed by atoms with Gasteiger partial charge in [-0.25, -0.2) is 4.39 Å². The third-order valence-electron chi connectivity index (χ3n) is 4.24. The van der Waals surface area contributed by atoms with Crippen molar-refractivity contribution in [3.05, 3.63) is 35.8 Å². The zero-order chi connectivity index (χ0) is 15.7. The summed E-state index contributed by atoms with van der Waals surface area (Å²) in [5.74, 6) is -0.410. The van der Waals surface area contributed by atoms with Crippen LogP contribution >= 0.6 is 0 Å². The number of aliphatic hydroxyl groups excluding tert-OH is 1. The molecule has 1 aliphatic rings. The number of aromatic amines is 1. The van der Waals surface area contributed by atoms with Crippen molar-refractivity contribution in [3.63, 3.8) is 0 Å². The quantitative estimate of drug-likeness (QED) is 0.796. The Morgan fingerprint density at radius 3 is 3.05 bits per heavy atom. The molecule has 2 aromatic rings. The molecule has 22 heavy (non-hydrogen) atoms. The SMILES string of the molecule is CN1C[C@@H](CC(=O)NCc2c[nH]c3ccc(F)cc23)[C@H](O)C1. The number of carbonyl (C=O) groups excluding carboxylic acids is 1. The molecule has 0 saturated carbocycles. The first-order chi connectivity index (χ1) is 10.5. The number of rotatable bonds is 4. The fraction of sp³-hybridized carbons (Fsp3) is 0.438. The van der Waals surface area contributed by atoms with Gasteiger partial charge in [-0.3, -0.25) is 4.79 Å². The number of hydrogen-bond acceptors (Lipinski definition) is 3. The Kier molecular flexibility index (Phi) is 4.13. The van der Waals surface area contributed by atoms with Gasteiger partial charge in [-0.05, 0) is 30.8 Å². The highest BCUT2D eigenvalue weighted by molar-refractivity contribution is 5.84. The number of H-pyrrole nitrogens is 1. The van der Waals surface area contributed by atoms with Crippen LogP contribution in [0.2, 0.25) is 0 Å². The lowest BCUT2D eigenvalue weighted by atomic mass is 10.0. The molecule has 6 heteroatoms. The first-order valence-corrected chi connectivity index (χ1v) is 7.42. The number of likely N-dealkylation sites (tertiary alicyclic amines) is 1. The van der Waals surface area contributed by atoms with Crippen molar-refractivity contribution >= 4 is 16.8 Å². The Balaban J connectivity index is 1.59. The van der Waals surface area contributed by atoms with E-state index in [0.717, 1.165) is 23.0 Å². The highest BCUT2D eigenvalue weighted by Gasteiger charge is 2.30. The summed E-state index contributed by atoms with van der Waals surface area (Å²) in [6.45, 7) is 1.69. The highest BCUT2D eigenvalue weighted by atomic mass is 19.1. The van der Waals surface area contributed by atoms with Gasteiger partial charge in [0.1, 0.15) is 5.82 Å². The number of amides is 1. The average molecular weight is 305 g/mol. The van der Waals surface area contributed by atoms with Crippen LogP contribution in [0.4, 0.5) is 4.39 Å². The van der Waals surface area contributed by atoms with Gasteiger partial charge in [-0.1, -0.05) is 0 Å². The molecule has 1 aromatic carbocycles. The minimum atomic E-state index is -0.446. The van der Waals surface area contributed by atoms with Gasteiger partial charge in [-0.15, -0.1) is 0 Å². The third kappa shape index (κ3) is 3.13. The monoisotopic (exact) mass is 305 g/mol. The maximum Gasteiger partial charge on any atom is 0.220 e. The number of benzene rings is 1. The molecular formula is C16H20FN3O2. The van der Waals surface area contributed by atoms with Crippen LogP contribution in [0.3, 0.4) is 0 Å². The molecule has 0 bridgehead atoms. The first-order valence-electron chi connectivity index (χ1n) is 7.42.